The summed E-state index contributed by atoms with van der Waals surface area (Å²) in [5, 5.41) is 0. The van der Waals surface area contributed by atoms with Crippen LogP contribution < -0.4 is 14.2 Å². The standard InChI is InChI=1S/C10H14O3.C3H6/c1-7-5-8(11-2)10(13-4)9(6-7)12-3;1-3-2/h5-6H,1-4H3;3H,1H2,2H3. The molecule has 0 fully saturated rings. The Morgan fingerprint density at radius 3 is 1.62 bits per heavy atom. The van der Waals surface area contributed by atoms with Gasteiger partial charge in [-0.25, -0.2) is 0 Å². The van der Waals surface area contributed by atoms with Crippen LogP contribution in [-0.4, -0.2) is 21.3 Å². The molecule has 1 aromatic rings. The summed E-state index contributed by atoms with van der Waals surface area (Å²) >= 11 is 0. The lowest BCUT2D eigenvalue weighted by Gasteiger charge is -2.12. The molecule has 0 saturated carbocycles. The number of methoxy groups -OCH3 is 3. The topological polar surface area (TPSA) is 27.7 Å². The summed E-state index contributed by atoms with van der Waals surface area (Å²) in [5.41, 5.74) is 1.08. The Balaban J connectivity index is 0.000000673. The minimum Gasteiger partial charge on any atom is -0.493 e. The summed E-state index contributed by atoms with van der Waals surface area (Å²) in [6.45, 7) is 7.23. The maximum Gasteiger partial charge on any atom is 0.203 e. The molecule has 0 aliphatic heterocycles. The van der Waals surface area contributed by atoms with Crippen LogP contribution in [0.15, 0.2) is 24.8 Å². The SMILES string of the molecule is C=CC.COc1cc(C)cc(OC)c1OC. The highest BCUT2D eigenvalue weighted by molar-refractivity contribution is 5.53. The molecule has 0 N–H and O–H groups in total. The van der Waals surface area contributed by atoms with Crippen LogP contribution in [0.4, 0.5) is 0 Å². The molecule has 16 heavy (non-hydrogen) atoms. The van der Waals surface area contributed by atoms with Crippen molar-refractivity contribution >= 4 is 0 Å². The van der Waals surface area contributed by atoms with Gasteiger partial charge in [-0.15, -0.1) is 6.58 Å². The summed E-state index contributed by atoms with van der Waals surface area (Å²) in [6.07, 6.45) is 1.75. The van der Waals surface area contributed by atoms with Gasteiger partial charge >= 0.3 is 0 Å². The number of allylic oxidation sites excluding steroid dienone is 1. The largest absolute Gasteiger partial charge is 0.493 e. The van der Waals surface area contributed by atoms with Gasteiger partial charge < -0.3 is 14.2 Å². The molecule has 0 unspecified atom stereocenters. The average Bonchev–Trinajstić information content (AvgIpc) is 2.28. The molecule has 0 amide bonds. The molecule has 0 bridgehead atoms. The molecule has 1 rings (SSSR count). The highest BCUT2D eigenvalue weighted by Gasteiger charge is 2.10. The van der Waals surface area contributed by atoms with E-state index in [-0.39, 0.29) is 0 Å². The fourth-order valence-electron chi connectivity index (χ4n) is 1.21. The Morgan fingerprint density at radius 2 is 1.38 bits per heavy atom. The molecule has 0 atom stereocenters. The Hall–Kier alpha value is -1.64. The van der Waals surface area contributed by atoms with Crippen molar-refractivity contribution in [3.05, 3.63) is 30.4 Å². The second kappa shape index (κ2) is 7.63. The highest BCUT2D eigenvalue weighted by Crippen LogP contribution is 2.37. The van der Waals surface area contributed by atoms with E-state index in [9.17, 15) is 0 Å². The van der Waals surface area contributed by atoms with Crippen LogP contribution in [0.3, 0.4) is 0 Å². The zero-order valence-corrected chi connectivity index (χ0v) is 10.7. The zero-order chi connectivity index (χ0) is 12.6. The first kappa shape index (κ1) is 14.4. The van der Waals surface area contributed by atoms with Crippen LogP contribution >= 0.6 is 0 Å². The third kappa shape index (κ3) is 3.85. The van der Waals surface area contributed by atoms with E-state index in [1.165, 1.54) is 0 Å². The third-order valence-electron chi connectivity index (χ3n) is 1.81. The molecule has 1 aromatic carbocycles. The van der Waals surface area contributed by atoms with Crippen LogP contribution in [0.1, 0.15) is 12.5 Å². The van der Waals surface area contributed by atoms with Crippen molar-refractivity contribution in [1.82, 2.24) is 0 Å². The average molecular weight is 224 g/mol. The van der Waals surface area contributed by atoms with E-state index in [4.69, 9.17) is 14.2 Å². The Kier molecular flexibility index (Phi) is 6.84. The normalized spacial score (nSPS) is 8.56. The predicted octanol–water partition coefficient (Wildman–Crippen LogP) is 3.21. The first-order chi connectivity index (χ1) is 7.64. The lowest BCUT2D eigenvalue weighted by molar-refractivity contribution is 0.324. The first-order valence-corrected chi connectivity index (χ1v) is 4.98. The van der Waals surface area contributed by atoms with Gasteiger partial charge in [0.05, 0.1) is 21.3 Å². The number of ether oxygens (including phenoxy) is 3. The second-order valence-electron chi connectivity index (χ2n) is 3.11. The van der Waals surface area contributed by atoms with Crippen LogP contribution in [0.5, 0.6) is 17.2 Å². The van der Waals surface area contributed by atoms with Gasteiger partial charge in [-0.3, -0.25) is 0 Å². The molecule has 0 aromatic heterocycles. The number of rotatable bonds is 3. The number of aryl methyl sites for hydroxylation is 1. The molecular formula is C13H20O3. The van der Waals surface area contributed by atoms with Crippen molar-refractivity contribution in [2.24, 2.45) is 0 Å². The third-order valence-corrected chi connectivity index (χ3v) is 1.81. The van der Waals surface area contributed by atoms with Crippen LogP contribution in [0.2, 0.25) is 0 Å². The Labute approximate surface area is 97.6 Å². The van der Waals surface area contributed by atoms with E-state index in [1.54, 1.807) is 27.4 Å². The van der Waals surface area contributed by atoms with E-state index < -0.39 is 0 Å². The quantitative estimate of drug-likeness (QED) is 0.738. The molecule has 0 heterocycles. The molecule has 0 aliphatic rings. The molecular weight excluding hydrogens is 204 g/mol. The maximum atomic E-state index is 5.16. The molecule has 3 nitrogen and oxygen atoms in total. The molecule has 0 spiro atoms. The second-order valence-corrected chi connectivity index (χ2v) is 3.11. The van der Waals surface area contributed by atoms with Crippen LogP contribution in [0.25, 0.3) is 0 Å². The van der Waals surface area contributed by atoms with Gasteiger partial charge in [0, 0.05) is 0 Å². The minimum atomic E-state index is 0.635. The summed E-state index contributed by atoms with van der Waals surface area (Å²) in [6, 6.07) is 3.81. The number of hydrogen-bond acceptors (Lipinski definition) is 3. The maximum absolute atomic E-state index is 5.16. The lowest BCUT2D eigenvalue weighted by atomic mass is 10.2. The van der Waals surface area contributed by atoms with E-state index in [0.29, 0.717) is 17.2 Å². The molecule has 0 aliphatic carbocycles. The molecule has 3 heteroatoms. The van der Waals surface area contributed by atoms with Crippen molar-refractivity contribution in [1.29, 1.82) is 0 Å². The minimum absolute atomic E-state index is 0.635. The fraction of sp³-hybridized carbons (Fsp3) is 0.385. The van der Waals surface area contributed by atoms with Crippen molar-refractivity contribution in [3.63, 3.8) is 0 Å². The first-order valence-electron chi connectivity index (χ1n) is 4.98. The van der Waals surface area contributed by atoms with Gasteiger partial charge in [0.2, 0.25) is 5.75 Å². The monoisotopic (exact) mass is 224 g/mol. The number of hydrogen-bond donors (Lipinski definition) is 0. The van der Waals surface area contributed by atoms with Gasteiger partial charge in [-0.05, 0) is 31.5 Å². The van der Waals surface area contributed by atoms with Gasteiger partial charge in [0.1, 0.15) is 0 Å². The van der Waals surface area contributed by atoms with Gasteiger partial charge in [-0.1, -0.05) is 6.08 Å². The van der Waals surface area contributed by atoms with Crippen molar-refractivity contribution < 1.29 is 14.2 Å². The van der Waals surface area contributed by atoms with E-state index in [2.05, 4.69) is 6.58 Å². The highest BCUT2D eigenvalue weighted by atomic mass is 16.5. The van der Waals surface area contributed by atoms with Crippen LogP contribution in [0, 0.1) is 6.92 Å². The van der Waals surface area contributed by atoms with E-state index in [1.807, 2.05) is 26.0 Å². The summed E-state index contributed by atoms with van der Waals surface area (Å²) in [4.78, 5) is 0. The smallest absolute Gasteiger partial charge is 0.203 e. The van der Waals surface area contributed by atoms with Crippen molar-refractivity contribution in [3.8, 4) is 17.2 Å². The van der Waals surface area contributed by atoms with Gasteiger partial charge in [-0.2, -0.15) is 0 Å². The number of benzene rings is 1. The molecule has 0 saturated heterocycles. The predicted molar refractivity (Wildman–Crippen MR) is 66.7 cm³/mol. The molecule has 0 radical (unpaired) electrons. The van der Waals surface area contributed by atoms with Crippen molar-refractivity contribution in [2.75, 3.05) is 21.3 Å². The van der Waals surface area contributed by atoms with E-state index in [0.717, 1.165) is 5.56 Å². The summed E-state index contributed by atoms with van der Waals surface area (Å²) < 4.78 is 15.5. The lowest BCUT2D eigenvalue weighted by Crippen LogP contribution is -1.95. The van der Waals surface area contributed by atoms with Gasteiger partial charge in [0.15, 0.2) is 11.5 Å². The Bertz CT molecular complexity index is 307. The summed E-state index contributed by atoms with van der Waals surface area (Å²) in [7, 11) is 4.81. The zero-order valence-electron chi connectivity index (χ0n) is 10.7. The van der Waals surface area contributed by atoms with Crippen LogP contribution in [-0.2, 0) is 0 Å². The Morgan fingerprint density at radius 1 is 1.00 bits per heavy atom. The molecule has 90 valence electrons. The summed E-state index contributed by atoms with van der Waals surface area (Å²) in [5.74, 6) is 2.02. The van der Waals surface area contributed by atoms with E-state index >= 15 is 0 Å². The van der Waals surface area contributed by atoms with Gasteiger partial charge in [0.25, 0.3) is 0 Å². The fourth-order valence-corrected chi connectivity index (χ4v) is 1.21. The van der Waals surface area contributed by atoms with Crippen molar-refractivity contribution in [2.45, 2.75) is 13.8 Å².